The Bertz CT molecular complexity index is 426. The van der Waals surface area contributed by atoms with Crippen molar-refractivity contribution in [2.75, 3.05) is 0 Å². The molecule has 1 rings (SSSR count). The van der Waals surface area contributed by atoms with Crippen LogP contribution in [-0.4, -0.2) is 11.1 Å². The van der Waals surface area contributed by atoms with E-state index in [9.17, 15) is 9.18 Å². The van der Waals surface area contributed by atoms with Crippen molar-refractivity contribution in [1.82, 2.24) is 0 Å². The molecule has 0 saturated heterocycles. The molecule has 0 radical (unpaired) electrons. The minimum absolute atomic E-state index is 0.0127. The Labute approximate surface area is 87.9 Å². The number of halogens is 2. The highest BCUT2D eigenvalue weighted by Gasteiger charge is 2.12. The first-order chi connectivity index (χ1) is 6.56. The molecular formula is C9H5BrFNO2. The van der Waals surface area contributed by atoms with Crippen LogP contribution in [0.2, 0.25) is 0 Å². The van der Waals surface area contributed by atoms with E-state index in [0.29, 0.717) is 5.56 Å². The zero-order valence-electron chi connectivity index (χ0n) is 6.92. The molecule has 0 amide bonds. The average molecular weight is 258 g/mol. The fourth-order valence-corrected chi connectivity index (χ4v) is 1.50. The van der Waals surface area contributed by atoms with Crippen molar-refractivity contribution in [3.05, 3.63) is 33.5 Å². The van der Waals surface area contributed by atoms with Crippen molar-refractivity contribution >= 4 is 21.9 Å². The zero-order chi connectivity index (χ0) is 10.7. The lowest BCUT2D eigenvalue weighted by atomic mass is 10.1. The lowest BCUT2D eigenvalue weighted by Gasteiger charge is -2.03. The number of rotatable bonds is 2. The van der Waals surface area contributed by atoms with Gasteiger partial charge in [-0.05, 0) is 27.6 Å². The quantitative estimate of drug-likeness (QED) is 0.883. The fourth-order valence-electron chi connectivity index (χ4n) is 1.02. The van der Waals surface area contributed by atoms with E-state index in [1.54, 1.807) is 6.07 Å². The number of carboxylic acids is 1. The number of carbonyl (C=O) groups is 1. The summed E-state index contributed by atoms with van der Waals surface area (Å²) in [7, 11) is 0. The SMILES string of the molecule is N#Cc1c(CC(=O)O)ccc(F)c1Br. The highest BCUT2D eigenvalue weighted by molar-refractivity contribution is 9.10. The van der Waals surface area contributed by atoms with Gasteiger partial charge in [-0.1, -0.05) is 6.07 Å². The van der Waals surface area contributed by atoms with Gasteiger partial charge in [-0.25, -0.2) is 4.39 Å². The number of benzene rings is 1. The van der Waals surface area contributed by atoms with Gasteiger partial charge in [0.15, 0.2) is 0 Å². The predicted molar refractivity (Wildman–Crippen MR) is 50.2 cm³/mol. The molecule has 0 atom stereocenters. The molecule has 0 unspecified atom stereocenters. The molecule has 0 saturated carbocycles. The molecular weight excluding hydrogens is 253 g/mol. The molecule has 0 aliphatic heterocycles. The topological polar surface area (TPSA) is 61.1 Å². The smallest absolute Gasteiger partial charge is 0.307 e. The summed E-state index contributed by atoms with van der Waals surface area (Å²) in [5.74, 6) is -1.63. The number of carboxylic acid groups (broad SMARTS) is 1. The molecule has 0 aliphatic rings. The molecule has 5 heteroatoms. The van der Waals surface area contributed by atoms with E-state index in [1.807, 2.05) is 0 Å². The summed E-state index contributed by atoms with van der Waals surface area (Å²) in [4.78, 5) is 10.4. The second-order valence-electron chi connectivity index (χ2n) is 2.58. The third-order valence-electron chi connectivity index (χ3n) is 1.63. The Kier molecular flexibility index (Phi) is 3.20. The van der Waals surface area contributed by atoms with Crippen molar-refractivity contribution < 1.29 is 14.3 Å². The monoisotopic (exact) mass is 257 g/mol. The highest BCUT2D eigenvalue weighted by atomic mass is 79.9. The second-order valence-corrected chi connectivity index (χ2v) is 3.37. The van der Waals surface area contributed by atoms with Crippen LogP contribution in [0.4, 0.5) is 4.39 Å². The van der Waals surface area contributed by atoms with Gasteiger partial charge < -0.3 is 5.11 Å². The van der Waals surface area contributed by atoms with Gasteiger partial charge in [0.1, 0.15) is 11.9 Å². The molecule has 1 N–H and O–H groups in total. The maximum absolute atomic E-state index is 12.9. The molecule has 1 aromatic rings. The molecule has 0 aliphatic carbocycles. The third kappa shape index (κ3) is 2.09. The summed E-state index contributed by atoms with van der Waals surface area (Å²) in [6.07, 6.45) is -0.290. The van der Waals surface area contributed by atoms with E-state index >= 15 is 0 Å². The van der Waals surface area contributed by atoms with E-state index in [1.165, 1.54) is 6.07 Å². The van der Waals surface area contributed by atoms with Gasteiger partial charge in [0.25, 0.3) is 0 Å². The summed E-state index contributed by atoms with van der Waals surface area (Å²) in [5.41, 5.74) is 0.334. The first kappa shape index (κ1) is 10.7. The van der Waals surface area contributed by atoms with E-state index in [4.69, 9.17) is 10.4 Å². The third-order valence-corrected chi connectivity index (χ3v) is 2.41. The van der Waals surface area contributed by atoms with Gasteiger partial charge in [0.05, 0.1) is 16.5 Å². The normalized spacial score (nSPS) is 9.50. The number of aliphatic carboxylic acids is 1. The lowest BCUT2D eigenvalue weighted by Crippen LogP contribution is -2.03. The van der Waals surface area contributed by atoms with E-state index in [2.05, 4.69) is 15.9 Å². The zero-order valence-corrected chi connectivity index (χ0v) is 8.51. The Morgan fingerprint density at radius 1 is 1.64 bits per heavy atom. The molecule has 0 heterocycles. The molecule has 0 spiro atoms. The van der Waals surface area contributed by atoms with Crippen LogP contribution >= 0.6 is 15.9 Å². The van der Waals surface area contributed by atoms with E-state index < -0.39 is 11.8 Å². The van der Waals surface area contributed by atoms with Crippen molar-refractivity contribution in [1.29, 1.82) is 5.26 Å². The molecule has 3 nitrogen and oxygen atoms in total. The minimum Gasteiger partial charge on any atom is -0.481 e. The number of hydrogen-bond donors (Lipinski definition) is 1. The molecule has 0 bridgehead atoms. The standard InChI is InChI=1S/C9H5BrFNO2/c10-9-6(4-12)5(3-8(13)14)1-2-7(9)11/h1-2H,3H2,(H,13,14). The summed E-state index contributed by atoms with van der Waals surface area (Å²) in [5, 5.41) is 17.2. The van der Waals surface area contributed by atoms with Crippen molar-refractivity contribution in [2.24, 2.45) is 0 Å². The number of nitriles is 1. The van der Waals surface area contributed by atoms with Crippen LogP contribution in [0.25, 0.3) is 0 Å². The van der Waals surface area contributed by atoms with E-state index in [-0.39, 0.29) is 16.5 Å². The Balaban J connectivity index is 3.26. The maximum Gasteiger partial charge on any atom is 0.307 e. The number of nitrogens with zero attached hydrogens (tertiary/aromatic N) is 1. The molecule has 0 aromatic heterocycles. The van der Waals surface area contributed by atoms with Gasteiger partial charge in [-0.3, -0.25) is 4.79 Å². The van der Waals surface area contributed by atoms with Crippen molar-refractivity contribution in [3.63, 3.8) is 0 Å². The summed E-state index contributed by atoms with van der Waals surface area (Å²) in [6, 6.07) is 4.19. The first-order valence-electron chi connectivity index (χ1n) is 3.65. The highest BCUT2D eigenvalue weighted by Crippen LogP contribution is 2.23. The van der Waals surface area contributed by atoms with Gasteiger partial charge in [0.2, 0.25) is 0 Å². The van der Waals surface area contributed by atoms with Gasteiger partial charge >= 0.3 is 5.97 Å². The van der Waals surface area contributed by atoms with Crippen LogP contribution in [-0.2, 0) is 11.2 Å². The van der Waals surface area contributed by atoms with E-state index in [0.717, 1.165) is 6.07 Å². The molecule has 72 valence electrons. The first-order valence-corrected chi connectivity index (χ1v) is 4.44. The van der Waals surface area contributed by atoms with Crippen LogP contribution in [0.1, 0.15) is 11.1 Å². The molecule has 1 aromatic carbocycles. The Morgan fingerprint density at radius 3 is 2.79 bits per heavy atom. The second kappa shape index (κ2) is 4.20. The van der Waals surface area contributed by atoms with Crippen molar-refractivity contribution in [3.8, 4) is 6.07 Å². The molecule has 0 fully saturated rings. The van der Waals surface area contributed by atoms with Crippen molar-refractivity contribution in [2.45, 2.75) is 6.42 Å². The fraction of sp³-hybridized carbons (Fsp3) is 0.111. The largest absolute Gasteiger partial charge is 0.481 e. The van der Waals surface area contributed by atoms with Crippen LogP contribution in [0.5, 0.6) is 0 Å². The average Bonchev–Trinajstić information content (AvgIpc) is 2.11. The van der Waals surface area contributed by atoms with Crippen LogP contribution in [0, 0.1) is 17.1 Å². The van der Waals surface area contributed by atoms with Gasteiger partial charge in [-0.15, -0.1) is 0 Å². The van der Waals surface area contributed by atoms with Crippen LogP contribution in [0.3, 0.4) is 0 Å². The minimum atomic E-state index is -1.06. The van der Waals surface area contributed by atoms with Gasteiger partial charge in [-0.2, -0.15) is 5.26 Å². The summed E-state index contributed by atoms with van der Waals surface area (Å²) < 4.78 is 13.0. The summed E-state index contributed by atoms with van der Waals surface area (Å²) >= 11 is 2.89. The predicted octanol–water partition coefficient (Wildman–Crippen LogP) is 2.09. The van der Waals surface area contributed by atoms with Gasteiger partial charge in [0, 0.05) is 0 Å². The Hall–Kier alpha value is -1.41. The summed E-state index contributed by atoms with van der Waals surface area (Å²) in [6.45, 7) is 0. The number of hydrogen-bond acceptors (Lipinski definition) is 2. The maximum atomic E-state index is 12.9. The molecule has 14 heavy (non-hydrogen) atoms. The van der Waals surface area contributed by atoms with Crippen LogP contribution in [0.15, 0.2) is 16.6 Å². The Morgan fingerprint density at radius 2 is 2.29 bits per heavy atom. The van der Waals surface area contributed by atoms with Crippen LogP contribution < -0.4 is 0 Å². The lowest BCUT2D eigenvalue weighted by molar-refractivity contribution is -0.136.